The first kappa shape index (κ1) is 14.5. The Kier molecular flexibility index (Phi) is 4.55. The van der Waals surface area contributed by atoms with E-state index in [0.29, 0.717) is 5.91 Å². The van der Waals surface area contributed by atoms with Crippen LogP contribution in [-0.4, -0.2) is 60.1 Å². The van der Waals surface area contributed by atoms with Gasteiger partial charge in [0.05, 0.1) is 18.2 Å². The van der Waals surface area contributed by atoms with Crippen molar-refractivity contribution in [2.45, 2.75) is 26.3 Å². The van der Waals surface area contributed by atoms with Crippen LogP contribution in [0.15, 0.2) is 10.6 Å². The monoisotopic (exact) mass is 292 g/mol. The van der Waals surface area contributed by atoms with E-state index in [-0.39, 0.29) is 5.92 Å². The van der Waals surface area contributed by atoms with Crippen molar-refractivity contribution >= 4 is 5.91 Å². The average Bonchev–Trinajstić information content (AvgIpc) is 2.93. The number of carbonyl (C=O) groups excluding carboxylic acids is 1. The Morgan fingerprint density at radius 3 is 2.86 bits per heavy atom. The van der Waals surface area contributed by atoms with Crippen LogP contribution in [0.3, 0.4) is 0 Å². The minimum absolute atomic E-state index is 0.183. The zero-order valence-corrected chi connectivity index (χ0v) is 12.7. The summed E-state index contributed by atoms with van der Waals surface area (Å²) in [6.45, 7) is 8.07. The van der Waals surface area contributed by atoms with E-state index in [1.807, 2.05) is 17.9 Å². The molecule has 3 rings (SSSR count). The predicted octanol–water partition coefficient (Wildman–Crippen LogP) is 0.627. The van der Waals surface area contributed by atoms with E-state index in [1.165, 1.54) is 0 Å². The Labute approximate surface area is 125 Å². The van der Waals surface area contributed by atoms with E-state index in [1.54, 1.807) is 0 Å². The highest BCUT2D eigenvalue weighted by atomic mass is 16.5. The summed E-state index contributed by atoms with van der Waals surface area (Å²) >= 11 is 0. The molecule has 0 bridgehead atoms. The maximum absolute atomic E-state index is 12.5. The number of aromatic nitrogens is 1. The number of rotatable bonds is 3. The normalized spacial score (nSPS) is 24.2. The lowest BCUT2D eigenvalue weighted by Gasteiger charge is -2.36. The third kappa shape index (κ3) is 3.63. The van der Waals surface area contributed by atoms with Crippen LogP contribution in [-0.2, 0) is 11.3 Å². The van der Waals surface area contributed by atoms with Gasteiger partial charge in [-0.05, 0) is 26.3 Å². The fraction of sp³-hybridized carbons (Fsp3) is 0.733. The molecule has 6 nitrogen and oxygen atoms in total. The summed E-state index contributed by atoms with van der Waals surface area (Å²) in [4.78, 5) is 16.8. The molecular weight excluding hydrogens is 268 g/mol. The summed E-state index contributed by atoms with van der Waals surface area (Å²) in [5.41, 5.74) is 0.920. The van der Waals surface area contributed by atoms with Gasteiger partial charge in [0.25, 0.3) is 0 Å². The molecule has 0 spiro atoms. The summed E-state index contributed by atoms with van der Waals surface area (Å²) in [5.74, 6) is 1.42. The van der Waals surface area contributed by atoms with Gasteiger partial charge in [-0.3, -0.25) is 9.69 Å². The molecule has 0 unspecified atom stereocenters. The van der Waals surface area contributed by atoms with Crippen LogP contribution in [0.2, 0.25) is 0 Å². The van der Waals surface area contributed by atoms with E-state index in [4.69, 9.17) is 4.52 Å². The Balaban J connectivity index is 1.47. The largest absolute Gasteiger partial charge is 0.360 e. The van der Waals surface area contributed by atoms with Crippen LogP contribution in [0.5, 0.6) is 0 Å². The molecule has 6 heteroatoms. The summed E-state index contributed by atoms with van der Waals surface area (Å²) in [6.07, 6.45) is 2.14. The van der Waals surface area contributed by atoms with E-state index in [9.17, 15) is 4.79 Å². The van der Waals surface area contributed by atoms with Crippen LogP contribution < -0.4 is 5.32 Å². The molecule has 1 aromatic heterocycles. The van der Waals surface area contributed by atoms with Gasteiger partial charge in [-0.1, -0.05) is 5.16 Å². The highest BCUT2D eigenvalue weighted by molar-refractivity contribution is 5.79. The molecule has 2 aliphatic heterocycles. The van der Waals surface area contributed by atoms with Crippen LogP contribution in [0.1, 0.15) is 24.3 Å². The first-order valence-corrected chi connectivity index (χ1v) is 7.86. The number of nitrogens with zero attached hydrogens (tertiary/aromatic N) is 3. The van der Waals surface area contributed by atoms with Crippen LogP contribution in [0.4, 0.5) is 0 Å². The van der Waals surface area contributed by atoms with Gasteiger partial charge in [0, 0.05) is 38.8 Å². The summed E-state index contributed by atoms with van der Waals surface area (Å²) < 4.78 is 5.26. The molecule has 0 aliphatic carbocycles. The minimum atomic E-state index is 0.183. The van der Waals surface area contributed by atoms with Crippen molar-refractivity contribution in [3.63, 3.8) is 0 Å². The van der Waals surface area contributed by atoms with Crippen molar-refractivity contribution in [2.24, 2.45) is 5.92 Å². The lowest BCUT2D eigenvalue weighted by Crippen LogP contribution is -2.51. The zero-order valence-electron chi connectivity index (χ0n) is 12.7. The second kappa shape index (κ2) is 6.58. The fourth-order valence-corrected chi connectivity index (χ4v) is 3.16. The predicted molar refractivity (Wildman–Crippen MR) is 78.7 cm³/mol. The van der Waals surface area contributed by atoms with Gasteiger partial charge in [0.2, 0.25) is 5.91 Å². The number of aryl methyl sites for hydroxylation is 1. The lowest BCUT2D eigenvalue weighted by molar-refractivity contribution is -0.137. The van der Waals surface area contributed by atoms with Gasteiger partial charge >= 0.3 is 0 Å². The molecular formula is C15H24N4O2. The topological polar surface area (TPSA) is 61.6 Å². The molecule has 0 aromatic carbocycles. The fourth-order valence-electron chi connectivity index (χ4n) is 3.16. The molecule has 116 valence electrons. The van der Waals surface area contributed by atoms with Crippen molar-refractivity contribution < 1.29 is 9.32 Å². The first-order chi connectivity index (χ1) is 10.2. The quantitative estimate of drug-likeness (QED) is 0.885. The zero-order chi connectivity index (χ0) is 14.7. The van der Waals surface area contributed by atoms with E-state index >= 15 is 0 Å². The van der Waals surface area contributed by atoms with Crippen molar-refractivity contribution in [1.29, 1.82) is 0 Å². The number of hydrogen-bond donors (Lipinski definition) is 1. The summed E-state index contributed by atoms with van der Waals surface area (Å²) in [5, 5.41) is 7.23. The standard InChI is InChI=1S/C15H24N4O2/c1-12-9-14(21-17-12)11-18-5-7-19(8-6-18)15(20)13-3-2-4-16-10-13/h9,13,16H,2-8,10-11H2,1H3/t13-/m1/s1. The van der Waals surface area contributed by atoms with Crippen molar-refractivity contribution in [1.82, 2.24) is 20.3 Å². The molecule has 3 heterocycles. The number of carbonyl (C=O) groups is 1. The third-order valence-electron chi connectivity index (χ3n) is 4.39. The Hall–Kier alpha value is -1.40. The van der Waals surface area contributed by atoms with Crippen LogP contribution in [0, 0.1) is 12.8 Å². The summed E-state index contributed by atoms with van der Waals surface area (Å²) in [6, 6.07) is 1.98. The number of piperazine rings is 1. The molecule has 1 N–H and O–H groups in total. The molecule has 0 saturated carbocycles. The SMILES string of the molecule is Cc1cc(CN2CCN(C(=O)[C@@H]3CCCNC3)CC2)on1. The maximum Gasteiger partial charge on any atom is 0.227 e. The summed E-state index contributed by atoms with van der Waals surface area (Å²) in [7, 11) is 0. The molecule has 2 aliphatic rings. The van der Waals surface area contributed by atoms with Gasteiger partial charge < -0.3 is 14.7 Å². The van der Waals surface area contributed by atoms with Gasteiger partial charge in [0.15, 0.2) is 5.76 Å². The van der Waals surface area contributed by atoms with Gasteiger partial charge in [-0.15, -0.1) is 0 Å². The molecule has 0 radical (unpaired) electrons. The molecule has 1 aromatic rings. The smallest absolute Gasteiger partial charge is 0.227 e. The van der Waals surface area contributed by atoms with Crippen LogP contribution in [0.25, 0.3) is 0 Å². The van der Waals surface area contributed by atoms with Gasteiger partial charge in [-0.2, -0.15) is 0 Å². The molecule has 1 amide bonds. The Morgan fingerprint density at radius 2 is 2.24 bits per heavy atom. The second-order valence-electron chi connectivity index (χ2n) is 6.08. The maximum atomic E-state index is 12.5. The average molecular weight is 292 g/mol. The Bertz CT molecular complexity index is 474. The highest BCUT2D eigenvalue weighted by Crippen LogP contribution is 2.16. The number of amides is 1. The van der Waals surface area contributed by atoms with E-state index in [0.717, 1.165) is 70.1 Å². The molecule has 1 atom stereocenters. The Morgan fingerprint density at radius 1 is 1.43 bits per heavy atom. The van der Waals surface area contributed by atoms with E-state index < -0.39 is 0 Å². The number of piperidine rings is 1. The highest BCUT2D eigenvalue weighted by Gasteiger charge is 2.28. The number of hydrogen-bond acceptors (Lipinski definition) is 5. The second-order valence-corrected chi connectivity index (χ2v) is 6.08. The van der Waals surface area contributed by atoms with Crippen molar-refractivity contribution in [3.05, 3.63) is 17.5 Å². The molecule has 21 heavy (non-hydrogen) atoms. The van der Waals surface area contributed by atoms with Crippen LogP contribution >= 0.6 is 0 Å². The van der Waals surface area contributed by atoms with Crippen molar-refractivity contribution in [2.75, 3.05) is 39.3 Å². The van der Waals surface area contributed by atoms with Crippen molar-refractivity contribution in [3.8, 4) is 0 Å². The van der Waals surface area contributed by atoms with Gasteiger partial charge in [0.1, 0.15) is 0 Å². The number of nitrogens with one attached hydrogen (secondary N) is 1. The minimum Gasteiger partial charge on any atom is -0.360 e. The molecule has 2 fully saturated rings. The molecule has 2 saturated heterocycles. The van der Waals surface area contributed by atoms with E-state index in [2.05, 4.69) is 15.4 Å². The third-order valence-corrected chi connectivity index (χ3v) is 4.39. The first-order valence-electron chi connectivity index (χ1n) is 7.86. The van der Waals surface area contributed by atoms with Gasteiger partial charge in [-0.25, -0.2) is 0 Å². The lowest BCUT2D eigenvalue weighted by atomic mass is 9.98.